The molecule has 3 N–H and O–H groups in total. The lowest BCUT2D eigenvalue weighted by atomic mass is 10.2. The number of rotatable bonds is 8. The number of carbonyl (C=O) groups is 3. The van der Waals surface area contributed by atoms with Crippen LogP contribution in [-0.2, 0) is 20.9 Å². The van der Waals surface area contributed by atoms with Crippen molar-refractivity contribution in [2.24, 2.45) is 5.10 Å². The Balaban J connectivity index is 1.45. The maximum absolute atomic E-state index is 12.1. The van der Waals surface area contributed by atoms with Crippen LogP contribution >= 0.6 is 0 Å². The van der Waals surface area contributed by atoms with Gasteiger partial charge in [-0.3, -0.25) is 14.4 Å². The molecule has 3 rings (SSSR count). The van der Waals surface area contributed by atoms with Crippen LogP contribution in [0.1, 0.15) is 16.7 Å². The molecule has 0 saturated heterocycles. The predicted molar refractivity (Wildman–Crippen MR) is 126 cm³/mol. The van der Waals surface area contributed by atoms with Gasteiger partial charge < -0.3 is 15.4 Å². The van der Waals surface area contributed by atoms with Crippen molar-refractivity contribution in [1.82, 2.24) is 10.7 Å². The topological polar surface area (TPSA) is 109 Å². The summed E-state index contributed by atoms with van der Waals surface area (Å²) in [6.45, 7) is 1.99. The van der Waals surface area contributed by atoms with Crippen molar-refractivity contribution in [2.45, 2.75) is 13.5 Å². The van der Waals surface area contributed by atoms with Gasteiger partial charge in [-0.1, -0.05) is 60.7 Å². The third-order valence-electron chi connectivity index (χ3n) is 4.53. The van der Waals surface area contributed by atoms with E-state index in [1.165, 1.54) is 6.21 Å². The van der Waals surface area contributed by atoms with Crippen LogP contribution < -0.4 is 20.8 Å². The van der Waals surface area contributed by atoms with Crippen LogP contribution in [0.5, 0.6) is 5.75 Å². The maximum Gasteiger partial charge on any atom is 0.329 e. The highest BCUT2D eigenvalue weighted by atomic mass is 16.5. The number of carbonyl (C=O) groups excluding carboxylic acids is 3. The van der Waals surface area contributed by atoms with Gasteiger partial charge in [0.15, 0.2) is 6.61 Å². The molecule has 0 aromatic heterocycles. The summed E-state index contributed by atoms with van der Waals surface area (Å²) >= 11 is 0. The fraction of sp³-hybridized carbons (Fsp3) is 0.120. The summed E-state index contributed by atoms with van der Waals surface area (Å²) in [5.74, 6) is -1.47. The minimum atomic E-state index is -0.873. The molecular formula is C25H24N4O4. The average Bonchev–Trinajstić information content (AvgIpc) is 2.83. The van der Waals surface area contributed by atoms with E-state index >= 15 is 0 Å². The van der Waals surface area contributed by atoms with Crippen molar-refractivity contribution in [1.29, 1.82) is 0 Å². The molecule has 0 unspecified atom stereocenters. The third-order valence-corrected chi connectivity index (χ3v) is 4.53. The molecule has 0 bridgehead atoms. The van der Waals surface area contributed by atoms with Crippen molar-refractivity contribution < 1.29 is 19.1 Å². The number of ether oxygens (including phenoxy) is 1. The minimum Gasteiger partial charge on any atom is -0.484 e. The van der Waals surface area contributed by atoms with E-state index in [2.05, 4.69) is 21.2 Å². The monoisotopic (exact) mass is 444 g/mol. The third kappa shape index (κ3) is 7.62. The van der Waals surface area contributed by atoms with Gasteiger partial charge >= 0.3 is 11.8 Å². The van der Waals surface area contributed by atoms with Gasteiger partial charge in [-0.05, 0) is 41.8 Å². The van der Waals surface area contributed by atoms with Crippen molar-refractivity contribution in [3.05, 3.63) is 95.6 Å². The fourth-order valence-corrected chi connectivity index (χ4v) is 2.81. The Bertz CT molecular complexity index is 1150. The molecule has 0 aliphatic heterocycles. The molecule has 0 heterocycles. The standard InChI is InChI=1S/C25H24N4O4/c1-18-8-5-6-13-22(18)28-23(30)17-33-21-12-7-11-20(14-21)16-27-29-25(32)24(31)26-15-19-9-3-2-4-10-19/h2-14,16H,15,17H2,1H3,(H,26,31)(H,28,30)(H,29,32)/b27-16-. The zero-order chi connectivity index (χ0) is 23.5. The molecule has 0 radical (unpaired) electrons. The van der Waals surface area contributed by atoms with E-state index in [1.807, 2.05) is 61.5 Å². The van der Waals surface area contributed by atoms with Gasteiger partial charge in [0, 0.05) is 12.2 Å². The largest absolute Gasteiger partial charge is 0.484 e. The molecule has 33 heavy (non-hydrogen) atoms. The Morgan fingerprint density at radius 3 is 2.45 bits per heavy atom. The van der Waals surface area contributed by atoms with Crippen LogP contribution in [0.15, 0.2) is 84.0 Å². The number of nitrogens with zero attached hydrogens (tertiary/aromatic N) is 1. The molecule has 0 spiro atoms. The van der Waals surface area contributed by atoms with Gasteiger partial charge in [-0.2, -0.15) is 5.10 Å². The van der Waals surface area contributed by atoms with Crippen LogP contribution in [0.4, 0.5) is 5.69 Å². The quantitative estimate of drug-likeness (QED) is 0.282. The zero-order valence-electron chi connectivity index (χ0n) is 18.1. The highest BCUT2D eigenvalue weighted by Gasteiger charge is 2.11. The molecule has 0 saturated carbocycles. The van der Waals surface area contributed by atoms with Gasteiger partial charge in [-0.25, -0.2) is 5.43 Å². The Morgan fingerprint density at radius 1 is 0.909 bits per heavy atom. The number of nitrogens with one attached hydrogen (secondary N) is 3. The SMILES string of the molecule is Cc1ccccc1NC(=O)COc1cccc(/C=N\NC(=O)C(=O)NCc2ccccc2)c1. The average molecular weight is 444 g/mol. The second-order valence-corrected chi connectivity index (χ2v) is 7.09. The summed E-state index contributed by atoms with van der Waals surface area (Å²) in [5, 5.41) is 9.12. The molecule has 3 aromatic rings. The van der Waals surface area contributed by atoms with Crippen molar-refractivity contribution in [3.63, 3.8) is 0 Å². The molecule has 0 aliphatic rings. The number of hydrazone groups is 1. The second kappa shape index (κ2) is 11.8. The van der Waals surface area contributed by atoms with E-state index < -0.39 is 11.8 Å². The first-order chi connectivity index (χ1) is 16.0. The summed E-state index contributed by atoms with van der Waals surface area (Å²) in [6.07, 6.45) is 1.38. The number of para-hydroxylation sites is 1. The van der Waals surface area contributed by atoms with E-state index in [1.54, 1.807) is 24.3 Å². The molecule has 0 fully saturated rings. The van der Waals surface area contributed by atoms with Crippen LogP contribution in [0, 0.1) is 6.92 Å². The fourth-order valence-electron chi connectivity index (χ4n) is 2.81. The Hall–Kier alpha value is -4.46. The van der Waals surface area contributed by atoms with Crippen LogP contribution in [0.2, 0.25) is 0 Å². The van der Waals surface area contributed by atoms with Gasteiger partial charge in [0.2, 0.25) is 0 Å². The molecule has 8 heteroatoms. The zero-order valence-corrected chi connectivity index (χ0v) is 18.1. The number of anilines is 1. The van der Waals surface area contributed by atoms with E-state index in [0.717, 1.165) is 16.8 Å². The Morgan fingerprint density at radius 2 is 1.67 bits per heavy atom. The number of amides is 3. The Kier molecular flexibility index (Phi) is 8.30. The molecule has 0 atom stereocenters. The van der Waals surface area contributed by atoms with Crippen LogP contribution in [-0.4, -0.2) is 30.5 Å². The lowest BCUT2D eigenvalue weighted by Gasteiger charge is -2.09. The molecule has 168 valence electrons. The summed E-state index contributed by atoms with van der Waals surface area (Å²) < 4.78 is 5.54. The minimum absolute atomic E-state index is 0.159. The van der Waals surface area contributed by atoms with Gasteiger partial charge in [-0.15, -0.1) is 0 Å². The van der Waals surface area contributed by atoms with Crippen molar-refractivity contribution >= 4 is 29.6 Å². The van der Waals surface area contributed by atoms with E-state index in [0.29, 0.717) is 11.3 Å². The number of benzene rings is 3. The number of hydrogen-bond acceptors (Lipinski definition) is 5. The van der Waals surface area contributed by atoms with Crippen molar-refractivity contribution in [2.75, 3.05) is 11.9 Å². The lowest BCUT2D eigenvalue weighted by Crippen LogP contribution is -2.37. The first-order valence-corrected chi connectivity index (χ1v) is 10.2. The van der Waals surface area contributed by atoms with E-state index in [9.17, 15) is 14.4 Å². The normalized spacial score (nSPS) is 10.5. The highest BCUT2D eigenvalue weighted by molar-refractivity contribution is 6.35. The lowest BCUT2D eigenvalue weighted by molar-refractivity contribution is -0.139. The smallest absolute Gasteiger partial charge is 0.329 e. The first kappa shape index (κ1) is 23.2. The highest BCUT2D eigenvalue weighted by Crippen LogP contribution is 2.14. The maximum atomic E-state index is 12.1. The Labute approximate surface area is 191 Å². The van der Waals surface area contributed by atoms with Crippen LogP contribution in [0.3, 0.4) is 0 Å². The predicted octanol–water partition coefficient (Wildman–Crippen LogP) is 2.78. The summed E-state index contributed by atoms with van der Waals surface area (Å²) in [6, 6.07) is 23.6. The van der Waals surface area contributed by atoms with Gasteiger partial charge in [0.1, 0.15) is 5.75 Å². The second-order valence-electron chi connectivity index (χ2n) is 7.09. The first-order valence-electron chi connectivity index (χ1n) is 10.2. The number of hydrogen-bond donors (Lipinski definition) is 3. The van der Waals surface area contributed by atoms with Gasteiger partial charge in [0.25, 0.3) is 5.91 Å². The van der Waals surface area contributed by atoms with Crippen LogP contribution in [0.25, 0.3) is 0 Å². The van der Waals surface area contributed by atoms with Crippen molar-refractivity contribution in [3.8, 4) is 5.75 Å². The number of aryl methyl sites for hydroxylation is 1. The molecular weight excluding hydrogens is 420 g/mol. The molecule has 0 aliphatic carbocycles. The molecule has 3 aromatic carbocycles. The summed E-state index contributed by atoms with van der Waals surface area (Å²) in [7, 11) is 0. The summed E-state index contributed by atoms with van der Waals surface area (Å²) in [4.78, 5) is 35.9. The van der Waals surface area contributed by atoms with E-state index in [4.69, 9.17) is 4.74 Å². The molecule has 8 nitrogen and oxygen atoms in total. The van der Waals surface area contributed by atoms with E-state index in [-0.39, 0.29) is 19.1 Å². The molecule has 3 amide bonds. The van der Waals surface area contributed by atoms with Gasteiger partial charge in [0.05, 0.1) is 6.21 Å². The summed E-state index contributed by atoms with van der Waals surface area (Å²) in [5.41, 5.74) is 5.38.